The summed E-state index contributed by atoms with van der Waals surface area (Å²) in [6.07, 6.45) is 0. The Morgan fingerprint density at radius 2 is 2.06 bits per heavy atom. The minimum Gasteiger partial charge on any atom is -0.343 e. The Balaban J connectivity index is 2.09. The average Bonchev–Trinajstić information content (AvgIpc) is 2.34. The summed E-state index contributed by atoms with van der Waals surface area (Å²) in [6.45, 7) is 0. The van der Waals surface area contributed by atoms with Crippen LogP contribution in [0.1, 0.15) is 0 Å². The highest BCUT2D eigenvalue weighted by atomic mass is 32.2. The van der Waals surface area contributed by atoms with Gasteiger partial charge in [-0.05, 0) is 12.1 Å². The zero-order valence-corrected chi connectivity index (χ0v) is 10.0. The molecular formula is C11H10F2N2O2S. The third kappa shape index (κ3) is 2.79. The number of carbonyl (C=O) groups excluding carboxylic acids is 2. The fourth-order valence-electron chi connectivity index (χ4n) is 1.52. The Hall–Kier alpha value is -1.63. The van der Waals surface area contributed by atoms with Crippen LogP contribution >= 0.6 is 11.8 Å². The van der Waals surface area contributed by atoms with E-state index >= 15 is 0 Å². The lowest BCUT2D eigenvalue weighted by Gasteiger charge is -2.22. The molecule has 4 nitrogen and oxygen atoms in total. The van der Waals surface area contributed by atoms with Gasteiger partial charge in [0.1, 0.15) is 23.4 Å². The zero-order chi connectivity index (χ0) is 13.1. The molecule has 1 aromatic rings. The smallest absolute Gasteiger partial charge is 0.247 e. The number of hydrogen-bond acceptors (Lipinski definition) is 3. The molecule has 1 aliphatic heterocycles. The average molecular weight is 272 g/mol. The monoisotopic (exact) mass is 272 g/mol. The minimum absolute atomic E-state index is 0.264. The van der Waals surface area contributed by atoms with Gasteiger partial charge in [0, 0.05) is 5.75 Å². The highest BCUT2D eigenvalue weighted by Crippen LogP contribution is 2.19. The highest BCUT2D eigenvalue weighted by Gasteiger charge is 2.26. The number of amides is 2. The molecule has 0 spiro atoms. The van der Waals surface area contributed by atoms with Crippen LogP contribution in [0.4, 0.5) is 14.5 Å². The molecule has 1 fully saturated rings. The van der Waals surface area contributed by atoms with Gasteiger partial charge in [0.2, 0.25) is 11.8 Å². The van der Waals surface area contributed by atoms with Crippen molar-refractivity contribution in [1.29, 1.82) is 0 Å². The standard InChI is InChI=1S/C11H10F2N2O2S/c12-6-2-1-3-7(13)10(6)15-11(17)8-4-18-5-9(16)14-8/h1-3,8H,4-5H2,(H,14,16)(H,15,17). The first-order valence-corrected chi connectivity index (χ1v) is 6.35. The van der Waals surface area contributed by atoms with Gasteiger partial charge in [-0.1, -0.05) is 6.07 Å². The second kappa shape index (κ2) is 5.34. The van der Waals surface area contributed by atoms with E-state index in [-0.39, 0.29) is 11.7 Å². The molecule has 1 saturated heterocycles. The Labute approximate surface area is 106 Å². The van der Waals surface area contributed by atoms with Gasteiger partial charge in [-0.2, -0.15) is 0 Å². The maximum absolute atomic E-state index is 13.3. The summed E-state index contributed by atoms with van der Waals surface area (Å²) in [5, 5.41) is 4.61. The molecule has 2 rings (SSSR count). The topological polar surface area (TPSA) is 58.2 Å². The van der Waals surface area contributed by atoms with Crippen molar-refractivity contribution >= 4 is 29.3 Å². The Bertz CT molecular complexity index is 476. The third-order valence-corrected chi connectivity index (χ3v) is 3.42. The van der Waals surface area contributed by atoms with Crippen LogP contribution in [0.15, 0.2) is 18.2 Å². The van der Waals surface area contributed by atoms with Crippen LogP contribution in [0.3, 0.4) is 0 Å². The molecule has 7 heteroatoms. The minimum atomic E-state index is -0.849. The molecular weight excluding hydrogens is 262 g/mol. The van der Waals surface area contributed by atoms with Crippen molar-refractivity contribution in [2.24, 2.45) is 0 Å². The van der Waals surface area contributed by atoms with Crippen molar-refractivity contribution in [3.8, 4) is 0 Å². The number of hydrogen-bond donors (Lipinski definition) is 2. The van der Waals surface area contributed by atoms with Gasteiger partial charge < -0.3 is 10.6 Å². The summed E-state index contributed by atoms with van der Waals surface area (Å²) < 4.78 is 26.6. The zero-order valence-electron chi connectivity index (χ0n) is 9.20. The van der Waals surface area contributed by atoms with Crippen LogP contribution < -0.4 is 10.6 Å². The maximum Gasteiger partial charge on any atom is 0.247 e. The Kier molecular flexibility index (Phi) is 3.81. The summed E-state index contributed by atoms with van der Waals surface area (Å²) in [6, 6.07) is 2.54. The first-order chi connectivity index (χ1) is 8.58. The molecule has 0 aromatic heterocycles. The molecule has 0 saturated carbocycles. The number of benzene rings is 1. The molecule has 2 N–H and O–H groups in total. The summed E-state index contributed by atoms with van der Waals surface area (Å²) in [5.41, 5.74) is -0.493. The second-order valence-corrected chi connectivity index (χ2v) is 4.75. The molecule has 1 atom stereocenters. The second-order valence-electron chi connectivity index (χ2n) is 3.72. The van der Waals surface area contributed by atoms with Crippen LogP contribution in [0.25, 0.3) is 0 Å². The number of thioether (sulfide) groups is 1. The molecule has 18 heavy (non-hydrogen) atoms. The fourth-order valence-corrected chi connectivity index (χ4v) is 2.37. The number of para-hydroxylation sites is 1. The van der Waals surface area contributed by atoms with Gasteiger partial charge in [0.15, 0.2) is 0 Å². The molecule has 1 heterocycles. The van der Waals surface area contributed by atoms with Crippen LogP contribution in [0, 0.1) is 11.6 Å². The summed E-state index contributed by atoms with van der Waals surface area (Å²) in [4.78, 5) is 22.8. The number of anilines is 1. The maximum atomic E-state index is 13.3. The van der Waals surface area contributed by atoms with E-state index in [0.29, 0.717) is 5.75 Å². The quantitative estimate of drug-likeness (QED) is 0.848. The van der Waals surface area contributed by atoms with Crippen molar-refractivity contribution < 1.29 is 18.4 Å². The molecule has 1 aliphatic rings. The van der Waals surface area contributed by atoms with Crippen LogP contribution in [-0.4, -0.2) is 29.4 Å². The van der Waals surface area contributed by atoms with Crippen LogP contribution in [-0.2, 0) is 9.59 Å². The fraction of sp³-hybridized carbons (Fsp3) is 0.273. The SMILES string of the molecule is O=C1CSCC(C(=O)Nc2c(F)cccc2F)N1. The number of rotatable bonds is 2. The van der Waals surface area contributed by atoms with Crippen molar-refractivity contribution in [3.05, 3.63) is 29.8 Å². The first-order valence-electron chi connectivity index (χ1n) is 5.20. The van der Waals surface area contributed by atoms with E-state index < -0.39 is 29.3 Å². The van der Waals surface area contributed by atoms with E-state index in [9.17, 15) is 18.4 Å². The van der Waals surface area contributed by atoms with E-state index in [0.717, 1.165) is 12.1 Å². The molecule has 96 valence electrons. The highest BCUT2D eigenvalue weighted by molar-refractivity contribution is 8.00. The molecule has 0 radical (unpaired) electrons. The number of nitrogens with one attached hydrogen (secondary N) is 2. The predicted octanol–water partition coefficient (Wildman–Crippen LogP) is 1.13. The first kappa shape index (κ1) is 12.8. The summed E-state index contributed by atoms with van der Waals surface area (Å²) >= 11 is 1.30. The van der Waals surface area contributed by atoms with E-state index in [4.69, 9.17) is 0 Å². The van der Waals surface area contributed by atoms with Gasteiger partial charge >= 0.3 is 0 Å². The largest absolute Gasteiger partial charge is 0.343 e. The van der Waals surface area contributed by atoms with E-state index in [1.807, 2.05) is 0 Å². The predicted molar refractivity (Wildman–Crippen MR) is 64.2 cm³/mol. The lowest BCUT2D eigenvalue weighted by atomic mass is 10.2. The number of carbonyl (C=O) groups is 2. The molecule has 0 bridgehead atoms. The van der Waals surface area contributed by atoms with Crippen molar-refractivity contribution in [2.75, 3.05) is 16.8 Å². The van der Waals surface area contributed by atoms with Crippen LogP contribution in [0.2, 0.25) is 0 Å². The van der Waals surface area contributed by atoms with Gasteiger partial charge in [-0.15, -0.1) is 11.8 Å². The number of halogens is 2. The van der Waals surface area contributed by atoms with Crippen molar-refractivity contribution in [3.63, 3.8) is 0 Å². The van der Waals surface area contributed by atoms with Gasteiger partial charge in [0.05, 0.1) is 5.75 Å². The normalized spacial score (nSPS) is 19.2. The van der Waals surface area contributed by atoms with E-state index in [1.165, 1.54) is 17.8 Å². The molecule has 1 unspecified atom stereocenters. The lowest BCUT2D eigenvalue weighted by molar-refractivity contribution is -0.124. The lowest BCUT2D eigenvalue weighted by Crippen LogP contribution is -2.49. The molecule has 2 amide bonds. The Morgan fingerprint density at radius 3 is 2.67 bits per heavy atom. The van der Waals surface area contributed by atoms with Crippen molar-refractivity contribution in [2.45, 2.75) is 6.04 Å². The van der Waals surface area contributed by atoms with Crippen LogP contribution in [0.5, 0.6) is 0 Å². The summed E-state index contributed by atoms with van der Waals surface area (Å²) in [7, 11) is 0. The van der Waals surface area contributed by atoms with E-state index in [2.05, 4.69) is 10.6 Å². The molecule has 0 aliphatic carbocycles. The Morgan fingerprint density at radius 1 is 1.39 bits per heavy atom. The third-order valence-electron chi connectivity index (χ3n) is 2.38. The van der Waals surface area contributed by atoms with E-state index in [1.54, 1.807) is 0 Å². The van der Waals surface area contributed by atoms with Crippen molar-refractivity contribution in [1.82, 2.24) is 5.32 Å². The van der Waals surface area contributed by atoms with Gasteiger partial charge in [-0.3, -0.25) is 9.59 Å². The van der Waals surface area contributed by atoms with Gasteiger partial charge in [-0.25, -0.2) is 8.78 Å². The summed E-state index contributed by atoms with van der Waals surface area (Å²) in [5.74, 6) is -1.91. The van der Waals surface area contributed by atoms with Gasteiger partial charge in [0.25, 0.3) is 0 Å². The molecule has 1 aromatic carbocycles.